The first-order valence-electron chi connectivity index (χ1n) is 4.72. The molecule has 0 bridgehead atoms. The molecule has 2 rings (SSSR count). The van der Waals surface area contributed by atoms with Gasteiger partial charge in [0.2, 0.25) is 0 Å². The van der Waals surface area contributed by atoms with Crippen LogP contribution in [0.5, 0.6) is 0 Å². The first-order valence-corrected chi connectivity index (χ1v) is 5.54. The van der Waals surface area contributed by atoms with Gasteiger partial charge >= 0.3 is 6.18 Å². The van der Waals surface area contributed by atoms with Gasteiger partial charge in [-0.3, -0.25) is 0 Å². The van der Waals surface area contributed by atoms with Crippen molar-refractivity contribution in [3.63, 3.8) is 0 Å². The molecule has 96 valence electrons. The second-order valence-corrected chi connectivity index (χ2v) is 4.41. The fraction of sp³-hybridized carbons (Fsp3) is 0.200. The summed E-state index contributed by atoms with van der Waals surface area (Å²) in [5.74, 6) is -1.36. The number of hydrogen-bond acceptors (Lipinski definition) is 4. The van der Waals surface area contributed by atoms with Crippen LogP contribution in [-0.4, -0.2) is 15.3 Å². The zero-order valence-corrected chi connectivity index (χ0v) is 9.52. The highest BCUT2D eigenvalue weighted by Gasteiger charge is 2.34. The number of aliphatic hydroxyl groups is 1. The molecule has 0 aliphatic rings. The summed E-state index contributed by atoms with van der Waals surface area (Å²) in [5.41, 5.74) is -1.13. The number of aliphatic hydroxyl groups excluding tert-OH is 1. The van der Waals surface area contributed by atoms with Crippen LogP contribution in [0.25, 0.3) is 10.6 Å². The van der Waals surface area contributed by atoms with Gasteiger partial charge in [-0.25, -0.2) is 4.39 Å². The van der Waals surface area contributed by atoms with E-state index in [0.717, 1.165) is 23.5 Å². The number of hydrogen-bond donors (Lipinski definition) is 1. The average molecular weight is 278 g/mol. The van der Waals surface area contributed by atoms with Crippen LogP contribution < -0.4 is 0 Å². The molecule has 1 aromatic heterocycles. The van der Waals surface area contributed by atoms with Crippen LogP contribution >= 0.6 is 11.3 Å². The van der Waals surface area contributed by atoms with Crippen molar-refractivity contribution in [1.29, 1.82) is 0 Å². The summed E-state index contributed by atoms with van der Waals surface area (Å²) in [6.45, 7) is -0.319. The van der Waals surface area contributed by atoms with Gasteiger partial charge in [-0.1, -0.05) is 17.4 Å². The maximum Gasteiger partial charge on any atom is 0.419 e. The Balaban J connectivity index is 2.40. The zero-order chi connectivity index (χ0) is 13.3. The van der Waals surface area contributed by atoms with Gasteiger partial charge < -0.3 is 5.11 Å². The van der Waals surface area contributed by atoms with Crippen molar-refractivity contribution in [3.8, 4) is 10.6 Å². The number of alkyl halides is 3. The maximum absolute atomic E-state index is 13.3. The van der Waals surface area contributed by atoms with E-state index in [1.165, 1.54) is 0 Å². The molecule has 2 aromatic rings. The summed E-state index contributed by atoms with van der Waals surface area (Å²) in [5, 5.41) is 16.6. The van der Waals surface area contributed by atoms with Crippen LogP contribution in [-0.2, 0) is 12.8 Å². The van der Waals surface area contributed by atoms with Crippen molar-refractivity contribution >= 4 is 11.3 Å². The van der Waals surface area contributed by atoms with E-state index in [9.17, 15) is 17.6 Å². The molecule has 1 heterocycles. The minimum Gasteiger partial charge on any atom is -0.389 e. The second-order valence-electron chi connectivity index (χ2n) is 3.35. The Morgan fingerprint density at radius 2 is 1.94 bits per heavy atom. The molecule has 0 atom stereocenters. The molecule has 0 amide bonds. The third-order valence-electron chi connectivity index (χ3n) is 2.12. The molecule has 1 N–H and O–H groups in total. The van der Waals surface area contributed by atoms with E-state index >= 15 is 0 Å². The molecule has 3 nitrogen and oxygen atoms in total. The molecule has 8 heteroatoms. The first-order chi connectivity index (χ1) is 8.41. The molecule has 0 aliphatic carbocycles. The molecule has 0 fully saturated rings. The van der Waals surface area contributed by atoms with Crippen molar-refractivity contribution < 1.29 is 22.7 Å². The fourth-order valence-corrected chi connectivity index (χ4v) is 2.01. The Bertz CT molecular complexity index is 567. The van der Waals surface area contributed by atoms with Crippen LogP contribution in [0.3, 0.4) is 0 Å². The fourth-order valence-electron chi connectivity index (χ4n) is 1.31. The monoisotopic (exact) mass is 278 g/mol. The van der Waals surface area contributed by atoms with Crippen LogP contribution in [0.4, 0.5) is 17.6 Å². The van der Waals surface area contributed by atoms with Gasteiger partial charge in [0, 0.05) is 5.56 Å². The van der Waals surface area contributed by atoms with E-state index in [4.69, 9.17) is 5.11 Å². The molecule has 0 radical (unpaired) electrons. The quantitative estimate of drug-likeness (QED) is 0.859. The smallest absolute Gasteiger partial charge is 0.389 e. The summed E-state index contributed by atoms with van der Waals surface area (Å²) in [6, 6.07) is 2.53. The predicted octanol–water partition coefficient (Wildman–Crippen LogP) is 2.86. The van der Waals surface area contributed by atoms with Crippen LogP contribution in [0.1, 0.15) is 10.6 Å². The largest absolute Gasteiger partial charge is 0.419 e. The average Bonchev–Trinajstić information content (AvgIpc) is 2.75. The van der Waals surface area contributed by atoms with Gasteiger partial charge in [0.15, 0.2) is 0 Å². The van der Waals surface area contributed by atoms with Crippen molar-refractivity contribution in [3.05, 3.63) is 34.6 Å². The number of rotatable bonds is 2. The molecule has 0 saturated carbocycles. The lowest BCUT2D eigenvalue weighted by molar-refractivity contribution is -0.139. The molecule has 1 aromatic carbocycles. The number of benzene rings is 1. The van der Waals surface area contributed by atoms with E-state index in [0.29, 0.717) is 11.1 Å². The molecule has 18 heavy (non-hydrogen) atoms. The summed E-state index contributed by atoms with van der Waals surface area (Å²) < 4.78 is 50.3. The summed E-state index contributed by atoms with van der Waals surface area (Å²) in [7, 11) is 0. The highest BCUT2D eigenvalue weighted by atomic mass is 32.1. The van der Waals surface area contributed by atoms with E-state index < -0.39 is 17.6 Å². The summed E-state index contributed by atoms with van der Waals surface area (Å²) >= 11 is 0.988. The van der Waals surface area contributed by atoms with Crippen LogP contribution in [0, 0.1) is 5.82 Å². The molecule has 0 aliphatic heterocycles. The standard InChI is InChI=1S/C10H6F4N2OS/c11-7-3-5(1-2-6(7)10(12,13)14)9-16-15-8(4-17)18-9/h1-3,17H,4H2. The summed E-state index contributed by atoms with van der Waals surface area (Å²) in [6.07, 6.45) is -4.72. The minimum absolute atomic E-state index is 0.192. The third kappa shape index (κ3) is 2.49. The van der Waals surface area contributed by atoms with Crippen molar-refractivity contribution in [1.82, 2.24) is 10.2 Å². The van der Waals surface area contributed by atoms with Crippen molar-refractivity contribution in [2.75, 3.05) is 0 Å². The van der Waals surface area contributed by atoms with Gasteiger partial charge in [-0.2, -0.15) is 13.2 Å². The molecular weight excluding hydrogens is 272 g/mol. The second kappa shape index (κ2) is 4.62. The van der Waals surface area contributed by atoms with Gasteiger partial charge in [-0.15, -0.1) is 10.2 Å². The van der Waals surface area contributed by atoms with Crippen LogP contribution in [0.2, 0.25) is 0 Å². The Kier molecular flexibility index (Phi) is 3.31. The van der Waals surface area contributed by atoms with E-state index in [1.54, 1.807) is 0 Å². The van der Waals surface area contributed by atoms with Crippen molar-refractivity contribution in [2.24, 2.45) is 0 Å². The highest BCUT2D eigenvalue weighted by molar-refractivity contribution is 7.14. The zero-order valence-electron chi connectivity index (χ0n) is 8.70. The molecule has 0 saturated heterocycles. The normalized spacial score (nSPS) is 11.8. The lowest BCUT2D eigenvalue weighted by Crippen LogP contribution is -2.07. The Morgan fingerprint density at radius 1 is 1.22 bits per heavy atom. The first kappa shape index (κ1) is 12.9. The molecule has 0 unspecified atom stereocenters. The maximum atomic E-state index is 13.3. The minimum atomic E-state index is -4.72. The Morgan fingerprint density at radius 3 is 2.44 bits per heavy atom. The third-order valence-corrected chi connectivity index (χ3v) is 3.08. The topological polar surface area (TPSA) is 46.0 Å². The number of halogens is 4. The lowest BCUT2D eigenvalue weighted by atomic mass is 10.1. The predicted molar refractivity (Wildman–Crippen MR) is 56.2 cm³/mol. The molecular formula is C10H6F4N2OS. The van der Waals surface area contributed by atoms with Gasteiger partial charge in [0.1, 0.15) is 15.8 Å². The number of nitrogens with zero attached hydrogens (tertiary/aromatic N) is 2. The lowest BCUT2D eigenvalue weighted by Gasteiger charge is -2.08. The highest BCUT2D eigenvalue weighted by Crippen LogP contribution is 2.33. The summed E-state index contributed by atoms with van der Waals surface area (Å²) in [4.78, 5) is 0. The van der Waals surface area contributed by atoms with Gasteiger partial charge in [-0.05, 0) is 12.1 Å². The van der Waals surface area contributed by atoms with E-state index in [2.05, 4.69) is 10.2 Å². The van der Waals surface area contributed by atoms with Crippen molar-refractivity contribution in [2.45, 2.75) is 12.8 Å². The van der Waals surface area contributed by atoms with Crippen LogP contribution in [0.15, 0.2) is 18.2 Å². The SMILES string of the molecule is OCc1nnc(-c2ccc(C(F)(F)F)c(F)c2)s1. The van der Waals surface area contributed by atoms with Gasteiger partial charge in [0.25, 0.3) is 0 Å². The van der Waals surface area contributed by atoms with Gasteiger partial charge in [0.05, 0.1) is 12.2 Å². The molecule has 0 spiro atoms. The number of aromatic nitrogens is 2. The van der Waals surface area contributed by atoms with E-state index in [1.807, 2.05) is 0 Å². The Labute approximate surface area is 103 Å². The Hall–Kier alpha value is -1.54. The van der Waals surface area contributed by atoms with E-state index in [-0.39, 0.29) is 17.2 Å².